The predicted molar refractivity (Wildman–Crippen MR) is 81.0 cm³/mol. The first-order valence-electron chi connectivity index (χ1n) is 8.19. The van der Waals surface area contributed by atoms with Gasteiger partial charge in [-0.2, -0.15) is 0 Å². The maximum atomic E-state index is 11.6. The maximum absolute atomic E-state index is 11.6. The number of carbonyl (C=O) groups is 3. The fourth-order valence-electron chi connectivity index (χ4n) is 2.23. The molecule has 0 aromatic rings. The van der Waals surface area contributed by atoms with Crippen LogP contribution in [-0.2, 0) is 14.4 Å². The Labute approximate surface area is 160 Å². The fourth-order valence-corrected chi connectivity index (χ4v) is 2.23. The zero-order valence-corrected chi connectivity index (χ0v) is 16.4. The van der Waals surface area contributed by atoms with Crippen molar-refractivity contribution < 1.29 is 54.2 Å². The van der Waals surface area contributed by atoms with E-state index < -0.39 is 30.3 Å². The molecule has 0 spiro atoms. The number of hydrogen-bond donors (Lipinski definition) is 2. The summed E-state index contributed by atoms with van der Waals surface area (Å²) in [4.78, 5) is 32.7. The normalized spacial score (nSPS) is 11.3. The molecule has 23 heavy (non-hydrogen) atoms. The summed E-state index contributed by atoms with van der Waals surface area (Å²) in [5.74, 6) is -3.27. The molecule has 0 heterocycles. The van der Waals surface area contributed by atoms with Gasteiger partial charge in [0.05, 0.1) is 0 Å². The summed E-state index contributed by atoms with van der Waals surface area (Å²) in [5, 5.41) is 21.4. The van der Waals surface area contributed by atoms with Gasteiger partial charge in [0.2, 0.25) is 5.91 Å². The summed E-state index contributed by atoms with van der Waals surface area (Å²) in [6.07, 6.45) is 9.67. The van der Waals surface area contributed by atoms with Crippen molar-refractivity contribution in [3.63, 3.8) is 0 Å². The zero-order chi connectivity index (χ0) is 16.8. The molecule has 0 radical (unpaired) electrons. The van der Waals surface area contributed by atoms with Crippen LogP contribution in [0.15, 0.2) is 0 Å². The van der Waals surface area contributed by atoms with E-state index in [-0.39, 0.29) is 36.0 Å². The average Bonchev–Trinajstić information content (AvgIpc) is 2.44. The predicted octanol–water partition coefficient (Wildman–Crippen LogP) is -1.38. The number of rotatable bonds is 14. The summed E-state index contributed by atoms with van der Waals surface area (Å²) in [5.41, 5.74) is 0. The minimum atomic E-state index is -1.49. The Morgan fingerprint density at radius 1 is 0.957 bits per heavy atom. The van der Waals surface area contributed by atoms with Gasteiger partial charge in [-0.25, -0.2) is 4.79 Å². The first-order valence-corrected chi connectivity index (χ1v) is 8.19. The first kappa shape index (κ1) is 24.7. The Morgan fingerprint density at radius 2 is 1.43 bits per heavy atom. The largest absolute Gasteiger partial charge is 1.00 e. The molecule has 1 atom stereocenters. The van der Waals surface area contributed by atoms with Crippen molar-refractivity contribution in [2.75, 3.05) is 0 Å². The van der Waals surface area contributed by atoms with Crippen molar-refractivity contribution in [2.45, 2.75) is 83.6 Å². The van der Waals surface area contributed by atoms with E-state index in [1.807, 2.05) is 0 Å². The number of nitrogens with one attached hydrogen (secondary N) is 1. The molecule has 0 aromatic heterocycles. The van der Waals surface area contributed by atoms with E-state index >= 15 is 0 Å². The van der Waals surface area contributed by atoms with E-state index in [1.54, 1.807) is 0 Å². The number of carbonyl (C=O) groups excluding carboxylic acids is 2. The third kappa shape index (κ3) is 16.1. The van der Waals surface area contributed by atoms with Gasteiger partial charge in [-0.3, -0.25) is 4.79 Å². The van der Waals surface area contributed by atoms with Crippen LogP contribution >= 0.6 is 0 Å². The van der Waals surface area contributed by atoms with Crippen LogP contribution in [0.5, 0.6) is 0 Å². The average molecular weight is 337 g/mol. The van der Waals surface area contributed by atoms with Crippen molar-refractivity contribution in [1.82, 2.24) is 5.32 Å². The van der Waals surface area contributed by atoms with Crippen LogP contribution in [0.2, 0.25) is 0 Å². The number of carboxylic acid groups (broad SMARTS) is 2. The van der Waals surface area contributed by atoms with Crippen LogP contribution in [0, 0.1) is 0 Å². The molecule has 1 amide bonds. The van der Waals surface area contributed by atoms with Gasteiger partial charge in [0.1, 0.15) is 6.04 Å². The first-order chi connectivity index (χ1) is 10.5. The van der Waals surface area contributed by atoms with Gasteiger partial charge in [-0.15, -0.1) is 0 Å². The molecule has 128 valence electrons. The number of amides is 1. The van der Waals surface area contributed by atoms with E-state index in [9.17, 15) is 19.5 Å². The Balaban J connectivity index is 0. The molecule has 0 fully saturated rings. The van der Waals surface area contributed by atoms with Gasteiger partial charge >= 0.3 is 35.5 Å². The van der Waals surface area contributed by atoms with Gasteiger partial charge in [-0.1, -0.05) is 58.3 Å². The van der Waals surface area contributed by atoms with Crippen molar-refractivity contribution in [2.24, 2.45) is 0 Å². The van der Waals surface area contributed by atoms with Crippen LogP contribution < -0.4 is 40.0 Å². The second-order valence-corrected chi connectivity index (χ2v) is 5.61. The van der Waals surface area contributed by atoms with E-state index in [2.05, 4.69) is 12.2 Å². The molecule has 0 rings (SSSR count). The molecule has 0 bridgehead atoms. The molecule has 0 unspecified atom stereocenters. The summed E-state index contributed by atoms with van der Waals surface area (Å²) in [6.45, 7) is 2.19. The number of hydrogen-bond acceptors (Lipinski definition) is 4. The van der Waals surface area contributed by atoms with Crippen molar-refractivity contribution >= 4 is 17.8 Å². The Bertz CT molecular complexity index is 349. The van der Waals surface area contributed by atoms with Gasteiger partial charge in [-0.05, 0) is 6.42 Å². The third-order valence-electron chi connectivity index (χ3n) is 3.51. The molecule has 0 aromatic carbocycles. The van der Waals surface area contributed by atoms with Crippen molar-refractivity contribution in [3.8, 4) is 0 Å². The van der Waals surface area contributed by atoms with E-state index in [4.69, 9.17) is 5.11 Å². The quantitative estimate of drug-likeness (QED) is 0.300. The Hall–Kier alpha value is -0.590. The minimum Gasteiger partial charge on any atom is -0.550 e. The molecule has 6 nitrogen and oxygen atoms in total. The van der Waals surface area contributed by atoms with Crippen LogP contribution in [0.4, 0.5) is 0 Å². The Morgan fingerprint density at radius 3 is 1.87 bits per heavy atom. The monoisotopic (exact) mass is 337 g/mol. The summed E-state index contributed by atoms with van der Waals surface area (Å²) in [6, 6.07) is -1.41. The third-order valence-corrected chi connectivity index (χ3v) is 3.51. The summed E-state index contributed by atoms with van der Waals surface area (Å²) in [7, 11) is 0. The second kappa shape index (κ2) is 16.3. The van der Waals surface area contributed by atoms with Gasteiger partial charge in [0.15, 0.2) is 0 Å². The number of aliphatic carboxylic acids is 2. The summed E-state index contributed by atoms with van der Waals surface area (Å²) < 4.78 is 0. The fraction of sp³-hybridized carbons (Fsp3) is 0.812. The van der Waals surface area contributed by atoms with Crippen LogP contribution in [0.1, 0.15) is 77.6 Å². The second-order valence-electron chi connectivity index (χ2n) is 5.61. The SMILES string of the molecule is CCCCCCCCCCCC(=O)N[C@@H](CC(=O)[O-])C(=O)O.[Na+]. The molecule has 0 saturated carbocycles. The van der Waals surface area contributed by atoms with Gasteiger partial charge in [0, 0.05) is 18.8 Å². The Kier molecular flexibility index (Phi) is 17.4. The smallest absolute Gasteiger partial charge is 0.550 e. The molecule has 0 aliphatic heterocycles. The topological polar surface area (TPSA) is 107 Å². The molecular formula is C16H28NNaO5. The van der Waals surface area contributed by atoms with Crippen molar-refractivity contribution in [1.29, 1.82) is 0 Å². The molecular weight excluding hydrogens is 309 g/mol. The molecule has 0 aliphatic carbocycles. The minimum absolute atomic E-state index is 0. The van der Waals surface area contributed by atoms with Crippen LogP contribution in [0.25, 0.3) is 0 Å². The molecule has 2 N–H and O–H groups in total. The standard InChI is InChI=1S/C16H29NO5.Na/c1-2-3-4-5-6-7-8-9-10-11-14(18)17-13(16(21)22)12-15(19)20;/h13H,2-12H2,1H3,(H,17,18)(H,19,20)(H,21,22);/q;+1/p-1/t13-;/m0./s1. The number of carboxylic acids is 2. The molecule has 0 aliphatic rings. The van der Waals surface area contributed by atoms with Gasteiger partial charge < -0.3 is 20.3 Å². The van der Waals surface area contributed by atoms with Crippen LogP contribution in [-0.4, -0.2) is 29.0 Å². The number of unbranched alkanes of at least 4 members (excludes halogenated alkanes) is 8. The van der Waals surface area contributed by atoms with Crippen LogP contribution in [0.3, 0.4) is 0 Å². The zero-order valence-electron chi connectivity index (χ0n) is 14.4. The van der Waals surface area contributed by atoms with Gasteiger partial charge in [0.25, 0.3) is 0 Å². The van der Waals surface area contributed by atoms with Crippen molar-refractivity contribution in [3.05, 3.63) is 0 Å². The van der Waals surface area contributed by atoms with E-state index in [0.29, 0.717) is 6.42 Å². The molecule has 7 heteroatoms. The summed E-state index contributed by atoms with van der Waals surface area (Å²) >= 11 is 0. The molecule has 0 saturated heterocycles. The van der Waals surface area contributed by atoms with E-state index in [1.165, 1.54) is 32.1 Å². The maximum Gasteiger partial charge on any atom is 1.00 e. The van der Waals surface area contributed by atoms with E-state index in [0.717, 1.165) is 19.3 Å².